The molecule has 6 heteroatoms. The van der Waals surface area contributed by atoms with Crippen LogP contribution in [0.5, 0.6) is 5.75 Å². The highest BCUT2D eigenvalue weighted by Crippen LogP contribution is 2.34. The molecule has 2 aromatic heterocycles. The molecule has 1 aliphatic rings. The van der Waals surface area contributed by atoms with Crippen LogP contribution in [0.1, 0.15) is 31.4 Å². The summed E-state index contributed by atoms with van der Waals surface area (Å²) < 4.78 is 26.4. The molecule has 1 saturated carbocycles. The number of aromatic nitrogens is 2. The van der Waals surface area contributed by atoms with Crippen molar-refractivity contribution < 1.29 is 13.9 Å². The Kier molecular flexibility index (Phi) is 4.15. The molecule has 23 heavy (non-hydrogen) atoms. The summed E-state index contributed by atoms with van der Waals surface area (Å²) in [5, 5.41) is 13.1. The fourth-order valence-electron chi connectivity index (χ4n) is 2.80. The topological polar surface area (TPSA) is 58.0 Å². The van der Waals surface area contributed by atoms with E-state index in [0.717, 1.165) is 5.69 Å². The van der Waals surface area contributed by atoms with Crippen molar-refractivity contribution in [1.82, 2.24) is 9.97 Å². The van der Waals surface area contributed by atoms with Gasteiger partial charge in [-0.05, 0) is 31.9 Å². The van der Waals surface area contributed by atoms with Crippen molar-refractivity contribution >= 4 is 5.82 Å². The minimum Gasteiger partial charge on any atom is -0.508 e. The summed E-state index contributed by atoms with van der Waals surface area (Å²) in [5.41, 5.74) is 2.08. The summed E-state index contributed by atoms with van der Waals surface area (Å²) in [6, 6.07) is 8.57. The van der Waals surface area contributed by atoms with Crippen molar-refractivity contribution in [3.63, 3.8) is 0 Å². The highest BCUT2D eigenvalue weighted by molar-refractivity contribution is 5.60. The normalized spacial score (nSPS) is 17.9. The van der Waals surface area contributed by atoms with Crippen molar-refractivity contribution in [2.24, 2.45) is 0 Å². The maximum atomic E-state index is 13.2. The number of halogens is 2. The molecule has 0 aromatic carbocycles. The molecule has 0 bridgehead atoms. The third kappa shape index (κ3) is 3.94. The molecular weight excluding hydrogens is 300 g/mol. The molecular formula is C17H19F2N3O. The molecule has 0 unspecified atom stereocenters. The number of aromatic hydroxyl groups is 1. The Hall–Kier alpha value is -2.24. The van der Waals surface area contributed by atoms with Gasteiger partial charge in [0.25, 0.3) is 0 Å². The van der Waals surface area contributed by atoms with Gasteiger partial charge in [-0.3, -0.25) is 4.98 Å². The average molecular weight is 319 g/mol. The van der Waals surface area contributed by atoms with Crippen LogP contribution in [0, 0.1) is 6.92 Å². The summed E-state index contributed by atoms with van der Waals surface area (Å²) in [7, 11) is 0. The van der Waals surface area contributed by atoms with E-state index in [1.54, 1.807) is 6.07 Å². The quantitative estimate of drug-likeness (QED) is 0.892. The summed E-state index contributed by atoms with van der Waals surface area (Å²) >= 11 is 0. The van der Waals surface area contributed by atoms with Gasteiger partial charge in [0, 0.05) is 36.7 Å². The van der Waals surface area contributed by atoms with Crippen LogP contribution in [0.4, 0.5) is 14.6 Å². The minimum absolute atomic E-state index is 0.0535. The average Bonchev–Trinajstić information content (AvgIpc) is 2.49. The predicted molar refractivity (Wildman–Crippen MR) is 84.7 cm³/mol. The number of hydrogen-bond acceptors (Lipinski definition) is 4. The van der Waals surface area contributed by atoms with E-state index in [-0.39, 0.29) is 24.6 Å². The molecule has 2 aromatic rings. The van der Waals surface area contributed by atoms with Gasteiger partial charge in [0.1, 0.15) is 11.6 Å². The Balaban J connectivity index is 1.78. The third-order valence-corrected chi connectivity index (χ3v) is 4.03. The van der Waals surface area contributed by atoms with E-state index in [1.807, 2.05) is 25.1 Å². The SMILES string of the molecule is Cc1cccc(-c2cc(O)cc(NC3CCC(F)(F)CC3)n2)n1. The summed E-state index contributed by atoms with van der Waals surface area (Å²) in [6.07, 6.45) is 0.552. The molecule has 3 rings (SSSR count). The molecule has 2 heterocycles. The van der Waals surface area contributed by atoms with Gasteiger partial charge in [-0.1, -0.05) is 6.07 Å². The van der Waals surface area contributed by atoms with Crippen molar-refractivity contribution in [3.8, 4) is 17.1 Å². The zero-order valence-corrected chi connectivity index (χ0v) is 12.9. The van der Waals surface area contributed by atoms with Gasteiger partial charge < -0.3 is 10.4 Å². The van der Waals surface area contributed by atoms with Crippen molar-refractivity contribution in [1.29, 1.82) is 0 Å². The van der Waals surface area contributed by atoms with Crippen LogP contribution in [0.15, 0.2) is 30.3 Å². The van der Waals surface area contributed by atoms with Gasteiger partial charge in [0.2, 0.25) is 5.92 Å². The lowest BCUT2D eigenvalue weighted by atomic mass is 9.92. The Morgan fingerprint density at radius 2 is 1.87 bits per heavy atom. The lowest BCUT2D eigenvalue weighted by molar-refractivity contribution is -0.0361. The van der Waals surface area contributed by atoms with Crippen LogP contribution >= 0.6 is 0 Å². The lowest BCUT2D eigenvalue weighted by Gasteiger charge is -2.29. The second kappa shape index (κ2) is 6.10. The maximum Gasteiger partial charge on any atom is 0.248 e. The lowest BCUT2D eigenvalue weighted by Crippen LogP contribution is -2.32. The number of pyridine rings is 2. The number of rotatable bonds is 3. The number of hydrogen-bond donors (Lipinski definition) is 2. The van der Waals surface area contributed by atoms with Crippen LogP contribution in [-0.2, 0) is 0 Å². The van der Waals surface area contributed by atoms with E-state index in [1.165, 1.54) is 6.07 Å². The van der Waals surface area contributed by atoms with Crippen molar-refractivity contribution in [2.45, 2.75) is 44.6 Å². The highest BCUT2D eigenvalue weighted by Gasteiger charge is 2.34. The van der Waals surface area contributed by atoms with Crippen LogP contribution in [-0.4, -0.2) is 27.0 Å². The molecule has 2 N–H and O–H groups in total. The molecule has 0 radical (unpaired) electrons. The van der Waals surface area contributed by atoms with Gasteiger partial charge in [-0.25, -0.2) is 13.8 Å². The smallest absolute Gasteiger partial charge is 0.248 e. The second-order valence-corrected chi connectivity index (χ2v) is 6.03. The number of nitrogens with one attached hydrogen (secondary N) is 1. The van der Waals surface area contributed by atoms with E-state index in [2.05, 4.69) is 15.3 Å². The Bertz CT molecular complexity index is 696. The minimum atomic E-state index is -2.55. The first-order valence-corrected chi connectivity index (χ1v) is 7.71. The first-order valence-electron chi connectivity index (χ1n) is 7.71. The Morgan fingerprint density at radius 1 is 1.13 bits per heavy atom. The van der Waals surface area contributed by atoms with Crippen molar-refractivity contribution in [3.05, 3.63) is 36.0 Å². The number of alkyl halides is 2. The molecule has 0 spiro atoms. The monoisotopic (exact) mass is 319 g/mol. The molecule has 0 saturated heterocycles. The van der Waals surface area contributed by atoms with Gasteiger partial charge in [0.15, 0.2) is 0 Å². The van der Waals surface area contributed by atoms with Crippen LogP contribution < -0.4 is 5.32 Å². The molecule has 122 valence electrons. The zero-order chi connectivity index (χ0) is 16.4. The van der Waals surface area contributed by atoms with E-state index < -0.39 is 5.92 Å². The van der Waals surface area contributed by atoms with E-state index >= 15 is 0 Å². The first kappa shape index (κ1) is 15.6. The summed E-state index contributed by atoms with van der Waals surface area (Å²) in [6.45, 7) is 1.88. The largest absolute Gasteiger partial charge is 0.508 e. The summed E-state index contributed by atoms with van der Waals surface area (Å²) in [4.78, 5) is 8.85. The van der Waals surface area contributed by atoms with Gasteiger partial charge in [-0.15, -0.1) is 0 Å². The summed E-state index contributed by atoms with van der Waals surface area (Å²) in [5.74, 6) is -2.00. The van der Waals surface area contributed by atoms with E-state index in [9.17, 15) is 13.9 Å². The van der Waals surface area contributed by atoms with Gasteiger partial charge >= 0.3 is 0 Å². The number of anilines is 1. The highest BCUT2D eigenvalue weighted by atomic mass is 19.3. The maximum absolute atomic E-state index is 13.2. The Morgan fingerprint density at radius 3 is 2.57 bits per heavy atom. The number of nitrogens with zero attached hydrogens (tertiary/aromatic N) is 2. The Labute approximate surface area is 133 Å². The van der Waals surface area contributed by atoms with E-state index in [0.29, 0.717) is 30.0 Å². The second-order valence-electron chi connectivity index (χ2n) is 6.03. The van der Waals surface area contributed by atoms with Crippen LogP contribution in [0.25, 0.3) is 11.4 Å². The molecule has 0 aliphatic heterocycles. The molecule has 0 amide bonds. The number of aryl methyl sites for hydroxylation is 1. The fraction of sp³-hybridized carbons (Fsp3) is 0.412. The molecule has 1 aliphatic carbocycles. The standard InChI is InChI=1S/C17H19F2N3O/c1-11-3-2-4-14(20-11)15-9-13(23)10-16(22-15)21-12-5-7-17(18,19)8-6-12/h2-4,9-10,12H,5-8H2,1H3,(H2,21,22,23). The first-order chi connectivity index (χ1) is 10.9. The molecule has 4 nitrogen and oxygen atoms in total. The fourth-order valence-corrected chi connectivity index (χ4v) is 2.80. The van der Waals surface area contributed by atoms with Crippen molar-refractivity contribution in [2.75, 3.05) is 5.32 Å². The molecule has 1 fully saturated rings. The zero-order valence-electron chi connectivity index (χ0n) is 12.9. The van der Waals surface area contributed by atoms with Crippen LogP contribution in [0.3, 0.4) is 0 Å². The van der Waals surface area contributed by atoms with E-state index in [4.69, 9.17) is 0 Å². The third-order valence-electron chi connectivity index (χ3n) is 4.03. The van der Waals surface area contributed by atoms with Gasteiger partial charge in [0.05, 0.1) is 11.4 Å². The van der Waals surface area contributed by atoms with Crippen LogP contribution in [0.2, 0.25) is 0 Å². The van der Waals surface area contributed by atoms with Gasteiger partial charge in [-0.2, -0.15) is 0 Å². The predicted octanol–water partition coefficient (Wildman–Crippen LogP) is 4.15. The molecule has 0 atom stereocenters.